The third-order valence-electron chi connectivity index (χ3n) is 3.29. The van der Waals surface area contributed by atoms with Crippen LogP contribution in [0.25, 0.3) is 11.0 Å². The zero-order valence-electron chi connectivity index (χ0n) is 12.3. The van der Waals surface area contributed by atoms with E-state index in [9.17, 15) is 0 Å². The van der Waals surface area contributed by atoms with E-state index in [0.29, 0.717) is 19.2 Å². The molecular weight excluding hydrogens is 254 g/mol. The molecule has 0 radical (unpaired) electrons. The SMILES string of the molecule is COCCOCCCCn1c(N)nc2ccc(C)cc21. The Bertz CT molecular complexity index is 551. The van der Waals surface area contributed by atoms with E-state index in [0.717, 1.165) is 37.0 Å². The Labute approximate surface area is 119 Å². The van der Waals surface area contributed by atoms with E-state index in [-0.39, 0.29) is 0 Å². The number of nitrogen functional groups attached to an aromatic ring is 1. The van der Waals surface area contributed by atoms with Gasteiger partial charge in [-0.3, -0.25) is 0 Å². The maximum atomic E-state index is 5.99. The Morgan fingerprint density at radius 3 is 2.85 bits per heavy atom. The molecule has 2 rings (SSSR count). The molecule has 110 valence electrons. The van der Waals surface area contributed by atoms with E-state index in [4.69, 9.17) is 15.2 Å². The molecule has 1 aromatic carbocycles. The van der Waals surface area contributed by atoms with Crippen LogP contribution in [0.15, 0.2) is 18.2 Å². The number of aryl methyl sites for hydroxylation is 2. The van der Waals surface area contributed by atoms with Crippen molar-refractivity contribution in [2.75, 3.05) is 32.7 Å². The molecule has 5 heteroatoms. The van der Waals surface area contributed by atoms with Gasteiger partial charge < -0.3 is 19.8 Å². The first kappa shape index (κ1) is 14.8. The van der Waals surface area contributed by atoms with Gasteiger partial charge in [-0.05, 0) is 37.5 Å². The van der Waals surface area contributed by atoms with Crippen LogP contribution < -0.4 is 5.73 Å². The van der Waals surface area contributed by atoms with Crippen molar-refractivity contribution in [2.45, 2.75) is 26.3 Å². The van der Waals surface area contributed by atoms with E-state index in [2.05, 4.69) is 28.6 Å². The number of unbranched alkanes of at least 4 members (excludes halogenated alkanes) is 1. The van der Waals surface area contributed by atoms with Crippen molar-refractivity contribution in [3.8, 4) is 0 Å². The van der Waals surface area contributed by atoms with Crippen molar-refractivity contribution in [3.63, 3.8) is 0 Å². The number of hydrogen-bond donors (Lipinski definition) is 1. The van der Waals surface area contributed by atoms with Gasteiger partial charge in [-0.25, -0.2) is 4.98 Å². The van der Waals surface area contributed by atoms with Crippen molar-refractivity contribution >= 4 is 17.0 Å². The van der Waals surface area contributed by atoms with Crippen LogP contribution in [-0.2, 0) is 16.0 Å². The molecule has 0 atom stereocenters. The molecule has 2 aromatic rings. The first-order valence-corrected chi connectivity index (χ1v) is 7.01. The second-order valence-electron chi connectivity index (χ2n) is 4.93. The third kappa shape index (κ3) is 3.71. The summed E-state index contributed by atoms with van der Waals surface area (Å²) >= 11 is 0. The summed E-state index contributed by atoms with van der Waals surface area (Å²) in [6.45, 7) is 5.02. The average Bonchev–Trinajstić information content (AvgIpc) is 2.73. The highest BCUT2D eigenvalue weighted by molar-refractivity contribution is 5.79. The van der Waals surface area contributed by atoms with Gasteiger partial charge in [-0.2, -0.15) is 0 Å². The molecule has 1 heterocycles. The zero-order valence-corrected chi connectivity index (χ0v) is 12.3. The number of nitrogens with two attached hydrogens (primary N) is 1. The number of nitrogens with zero attached hydrogens (tertiary/aromatic N) is 2. The largest absolute Gasteiger partial charge is 0.382 e. The minimum Gasteiger partial charge on any atom is -0.382 e. The molecule has 2 N–H and O–H groups in total. The molecule has 0 spiro atoms. The Morgan fingerprint density at radius 1 is 1.20 bits per heavy atom. The van der Waals surface area contributed by atoms with Gasteiger partial charge in [0.15, 0.2) is 0 Å². The van der Waals surface area contributed by atoms with E-state index < -0.39 is 0 Å². The Morgan fingerprint density at radius 2 is 2.05 bits per heavy atom. The van der Waals surface area contributed by atoms with E-state index in [1.54, 1.807) is 7.11 Å². The summed E-state index contributed by atoms with van der Waals surface area (Å²) in [4.78, 5) is 4.39. The van der Waals surface area contributed by atoms with Gasteiger partial charge in [0, 0.05) is 20.3 Å². The molecular formula is C15H23N3O2. The standard InChI is InChI=1S/C15H23N3O2/c1-12-5-6-13-14(11-12)18(15(16)17-13)7-3-4-8-20-10-9-19-2/h5-6,11H,3-4,7-10H2,1-2H3,(H2,16,17). The lowest BCUT2D eigenvalue weighted by Gasteiger charge is -2.07. The van der Waals surface area contributed by atoms with Crippen molar-refractivity contribution in [2.24, 2.45) is 0 Å². The normalized spacial score (nSPS) is 11.3. The number of anilines is 1. The van der Waals surface area contributed by atoms with Crippen LogP contribution in [0.2, 0.25) is 0 Å². The number of fused-ring (bicyclic) bond motifs is 1. The fourth-order valence-corrected chi connectivity index (χ4v) is 2.20. The molecule has 0 aliphatic heterocycles. The Kier molecular flexibility index (Phi) is 5.38. The minimum atomic E-state index is 0.589. The van der Waals surface area contributed by atoms with Crippen molar-refractivity contribution in [3.05, 3.63) is 23.8 Å². The maximum absolute atomic E-state index is 5.99. The number of imidazole rings is 1. The highest BCUT2D eigenvalue weighted by Gasteiger charge is 2.07. The predicted molar refractivity (Wildman–Crippen MR) is 80.8 cm³/mol. The lowest BCUT2D eigenvalue weighted by Crippen LogP contribution is -2.06. The van der Waals surface area contributed by atoms with E-state index in [1.807, 2.05) is 6.07 Å². The Hall–Kier alpha value is -1.59. The number of rotatable bonds is 8. The zero-order chi connectivity index (χ0) is 14.4. The highest BCUT2D eigenvalue weighted by Crippen LogP contribution is 2.19. The molecule has 5 nitrogen and oxygen atoms in total. The lowest BCUT2D eigenvalue weighted by molar-refractivity contribution is 0.0684. The van der Waals surface area contributed by atoms with Crippen LogP contribution in [0.3, 0.4) is 0 Å². The maximum Gasteiger partial charge on any atom is 0.201 e. The van der Waals surface area contributed by atoms with Crippen LogP contribution >= 0.6 is 0 Å². The Balaban J connectivity index is 1.86. The van der Waals surface area contributed by atoms with Crippen LogP contribution in [0, 0.1) is 6.92 Å². The van der Waals surface area contributed by atoms with Crippen molar-refractivity contribution in [1.82, 2.24) is 9.55 Å². The highest BCUT2D eigenvalue weighted by atomic mass is 16.5. The smallest absolute Gasteiger partial charge is 0.201 e. The van der Waals surface area contributed by atoms with Crippen LogP contribution in [-0.4, -0.2) is 36.5 Å². The van der Waals surface area contributed by atoms with E-state index in [1.165, 1.54) is 5.56 Å². The van der Waals surface area contributed by atoms with Gasteiger partial charge in [0.2, 0.25) is 5.95 Å². The van der Waals surface area contributed by atoms with Gasteiger partial charge >= 0.3 is 0 Å². The van der Waals surface area contributed by atoms with Crippen LogP contribution in [0.1, 0.15) is 18.4 Å². The molecule has 0 saturated carbocycles. The van der Waals surface area contributed by atoms with Gasteiger partial charge in [-0.1, -0.05) is 6.07 Å². The minimum absolute atomic E-state index is 0.589. The number of ether oxygens (including phenoxy) is 2. The number of methoxy groups -OCH3 is 1. The molecule has 0 amide bonds. The molecule has 0 aliphatic rings. The summed E-state index contributed by atoms with van der Waals surface area (Å²) in [5.41, 5.74) is 9.29. The first-order chi connectivity index (χ1) is 9.72. The van der Waals surface area contributed by atoms with Gasteiger partial charge in [0.1, 0.15) is 0 Å². The molecule has 0 saturated heterocycles. The van der Waals surface area contributed by atoms with Crippen molar-refractivity contribution < 1.29 is 9.47 Å². The summed E-state index contributed by atoms with van der Waals surface area (Å²) in [6.07, 6.45) is 2.03. The fraction of sp³-hybridized carbons (Fsp3) is 0.533. The summed E-state index contributed by atoms with van der Waals surface area (Å²) < 4.78 is 12.5. The monoisotopic (exact) mass is 277 g/mol. The average molecular weight is 277 g/mol. The molecule has 0 unspecified atom stereocenters. The quantitative estimate of drug-likeness (QED) is 0.752. The second kappa shape index (κ2) is 7.26. The van der Waals surface area contributed by atoms with Crippen LogP contribution in [0.5, 0.6) is 0 Å². The van der Waals surface area contributed by atoms with Gasteiger partial charge in [0.25, 0.3) is 0 Å². The molecule has 0 fully saturated rings. The van der Waals surface area contributed by atoms with Crippen LogP contribution in [0.4, 0.5) is 5.95 Å². The summed E-state index contributed by atoms with van der Waals surface area (Å²) in [6, 6.07) is 6.21. The summed E-state index contributed by atoms with van der Waals surface area (Å²) in [5.74, 6) is 0.589. The van der Waals surface area contributed by atoms with Gasteiger partial charge in [0.05, 0.1) is 24.2 Å². The number of aromatic nitrogens is 2. The topological polar surface area (TPSA) is 62.3 Å². The van der Waals surface area contributed by atoms with E-state index >= 15 is 0 Å². The number of hydrogen-bond acceptors (Lipinski definition) is 4. The predicted octanol–water partition coefficient (Wildman–Crippen LogP) is 2.37. The molecule has 20 heavy (non-hydrogen) atoms. The molecule has 0 aliphatic carbocycles. The second-order valence-corrected chi connectivity index (χ2v) is 4.93. The lowest BCUT2D eigenvalue weighted by atomic mass is 10.2. The van der Waals surface area contributed by atoms with Gasteiger partial charge in [-0.15, -0.1) is 0 Å². The molecule has 1 aromatic heterocycles. The fourth-order valence-electron chi connectivity index (χ4n) is 2.20. The number of benzene rings is 1. The molecule has 0 bridgehead atoms. The first-order valence-electron chi connectivity index (χ1n) is 7.01. The van der Waals surface area contributed by atoms with Crippen molar-refractivity contribution in [1.29, 1.82) is 0 Å². The third-order valence-corrected chi connectivity index (χ3v) is 3.29. The summed E-state index contributed by atoms with van der Waals surface area (Å²) in [5, 5.41) is 0. The summed E-state index contributed by atoms with van der Waals surface area (Å²) in [7, 11) is 1.68.